The summed E-state index contributed by atoms with van der Waals surface area (Å²) < 4.78 is 33.8. The second kappa shape index (κ2) is 9.84. The van der Waals surface area contributed by atoms with Crippen LogP contribution in [0.25, 0.3) is 11.4 Å². The van der Waals surface area contributed by atoms with Gasteiger partial charge >= 0.3 is 0 Å². The Balaban J connectivity index is 1.24. The maximum atomic E-state index is 13.3. The van der Waals surface area contributed by atoms with Crippen LogP contribution in [0.4, 0.5) is 0 Å². The van der Waals surface area contributed by atoms with Gasteiger partial charge in [0.2, 0.25) is 17.6 Å². The molecule has 0 aromatic carbocycles. The van der Waals surface area contributed by atoms with E-state index in [0.717, 1.165) is 44.9 Å². The number of amides is 1. The summed E-state index contributed by atoms with van der Waals surface area (Å²) >= 11 is 1.17. The number of aromatic nitrogens is 2. The number of carbonyl (C=O) groups is 1. The lowest BCUT2D eigenvalue weighted by Crippen LogP contribution is -2.47. The van der Waals surface area contributed by atoms with Crippen molar-refractivity contribution in [3.63, 3.8) is 0 Å². The molecule has 0 bridgehead atoms. The number of nitrogens with zero attached hydrogens (tertiary/aromatic N) is 3. The van der Waals surface area contributed by atoms with Crippen molar-refractivity contribution in [2.75, 3.05) is 13.1 Å². The lowest BCUT2D eigenvalue weighted by Gasteiger charge is -2.31. The third-order valence-electron chi connectivity index (χ3n) is 7.28. The molecule has 2 aromatic heterocycles. The van der Waals surface area contributed by atoms with E-state index in [1.54, 1.807) is 11.4 Å². The number of thiophene rings is 1. The Kier molecular flexibility index (Phi) is 6.85. The first kappa shape index (κ1) is 23.0. The van der Waals surface area contributed by atoms with Crippen LogP contribution in [-0.2, 0) is 14.8 Å². The number of hydrogen-bond acceptors (Lipinski definition) is 7. The molecular weight excluding hydrogens is 460 g/mol. The standard InChI is InChI=1S/C23H32N4O4S2/c28-22(24-19-10-3-1-2-4-11-19)17-9-6-12-27(14-17)33(29,30)20-13-18(15-32-20)21-25-23(31-26-21)16-7-5-8-16/h13,15-17,19H,1-12,14H2,(H,24,28). The van der Waals surface area contributed by atoms with Crippen molar-refractivity contribution in [2.24, 2.45) is 5.92 Å². The molecule has 5 rings (SSSR count). The van der Waals surface area contributed by atoms with Gasteiger partial charge in [0, 0.05) is 36.0 Å². The van der Waals surface area contributed by atoms with E-state index in [1.807, 2.05) is 0 Å². The van der Waals surface area contributed by atoms with Crippen LogP contribution in [0, 0.1) is 5.92 Å². The Labute approximate surface area is 199 Å². The van der Waals surface area contributed by atoms with Gasteiger partial charge in [-0.1, -0.05) is 37.3 Å². The van der Waals surface area contributed by atoms with Crippen molar-refractivity contribution in [1.82, 2.24) is 19.8 Å². The monoisotopic (exact) mass is 492 g/mol. The van der Waals surface area contributed by atoms with Gasteiger partial charge in [0.15, 0.2) is 0 Å². The van der Waals surface area contributed by atoms with Crippen LogP contribution in [0.5, 0.6) is 0 Å². The van der Waals surface area contributed by atoms with Crippen LogP contribution < -0.4 is 5.32 Å². The first-order chi connectivity index (χ1) is 16.0. The number of sulfonamides is 1. The smallest absolute Gasteiger partial charge is 0.252 e. The predicted molar refractivity (Wildman–Crippen MR) is 125 cm³/mol. The van der Waals surface area contributed by atoms with E-state index in [-0.39, 0.29) is 28.6 Å². The fourth-order valence-electron chi connectivity index (χ4n) is 4.99. The fraction of sp³-hybridized carbons (Fsp3) is 0.696. The third kappa shape index (κ3) is 5.02. The Bertz CT molecular complexity index is 1070. The van der Waals surface area contributed by atoms with Gasteiger partial charge < -0.3 is 9.84 Å². The van der Waals surface area contributed by atoms with E-state index in [4.69, 9.17) is 4.52 Å². The third-order valence-corrected chi connectivity index (χ3v) is 10.6. The normalized spacial score (nSPS) is 23.7. The van der Waals surface area contributed by atoms with Gasteiger partial charge in [-0.3, -0.25) is 4.79 Å². The largest absolute Gasteiger partial charge is 0.353 e. The number of piperidine rings is 1. The number of hydrogen-bond donors (Lipinski definition) is 1. The van der Waals surface area contributed by atoms with Crippen LogP contribution in [0.15, 0.2) is 20.2 Å². The molecule has 1 amide bonds. The van der Waals surface area contributed by atoms with Crippen molar-refractivity contribution >= 4 is 27.3 Å². The van der Waals surface area contributed by atoms with Crippen LogP contribution >= 0.6 is 11.3 Å². The lowest BCUT2D eigenvalue weighted by atomic mass is 9.85. The fourth-order valence-corrected chi connectivity index (χ4v) is 7.82. The minimum Gasteiger partial charge on any atom is -0.353 e. The highest BCUT2D eigenvalue weighted by atomic mass is 32.2. The van der Waals surface area contributed by atoms with Gasteiger partial charge in [0.1, 0.15) is 4.21 Å². The van der Waals surface area contributed by atoms with Gasteiger partial charge in [-0.15, -0.1) is 11.3 Å². The Hall–Kier alpha value is -1.78. The average molecular weight is 493 g/mol. The quantitative estimate of drug-likeness (QED) is 0.603. The molecule has 1 saturated heterocycles. The molecule has 1 unspecified atom stereocenters. The van der Waals surface area contributed by atoms with E-state index >= 15 is 0 Å². The summed E-state index contributed by atoms with van der Waals surface area (Å²) in [6.45, 7) is 0.680. The molecule has 10 heteroatoms. The molecule has 1 atom stereocenters. The topological polar surface area (TPSA) is 105 Å². The van der Waals surface area contributed by atoms with Gasteiger partial charge in [0.05, 0.1) is 5.92 Å². The molecular formula is C23H32N4O4S2. The highest BCUT2D eigenvalue weighted by Crippen LogP contribution is 2.37. The van der Waals surface area contributed by atoms with Crippen molar-refractivity contribution in [3.05, 3.63) is 17.3 Å². The maximum absolute atomic E-state index is 13.3. The molecule has 0 spiro atoms. The van der Waals surface area contributed by atoms with E-state index in [2.05, 4.69) is 15.5 Å². The lowest BCUT2D eigenvalue weighted by molar-refractivity contribution is -0.126. The van der Waals surface area contributed by atoms with Gasteiger partial charge in [-0.25, -0.2) is 8.42 Å². The van der Waals surface area contributed by atoms with Crippen molar-refractivity contribution in [1.29, 1.82) is 0 Å². The molecule has 8 nitrogen and oxygen atoms in total. The van der Waals surface area contributed by atoms with Crippen LogP contribution in [-0.4, -0.2) is 47.9 Å². The van der Waals surface area contributed by atoms with E-state index in [1.165, 1.54) is 34.9 Å². The summed E-state index contributed by atoms with van der Waals surface area (Å²) in [7, 11) is -3.67. The van der Waals surface area contributed by atoms with Crippen LogP contribution in [0.2, 0.25) is 0 Å². The molecule has 33 heavy (non-hydrogen) atoms. The molecule has 0 radical (unpaired) electrons. The van der Waals surface area contributed by atoms with E-state index < -0.39 is 10.0 Å². The highest BCUT2D eigenvalue weighted by molar-refractivity contribution is 7.91. The first-order valence-corrected chi connectivity index (χ1v) is 14.6. The number of carbonyl (C=O) groups excluding carboxylic acids is 1. The summed E-state index contributed by atoms with van der Waals surface area (Å²) in [4.78, 5) is 17.4. The van der Waals surface area contributed by atoms with Gasteiger partial charge in [-0.05, 0) is 44.6 Å². The number of rotatable bonds is 6. The number of nitrogens with one attached hydrogen (secondary N) is 1. The molecule has 180 valence electrons. The summed E-state index contributed by atoms with van der Waals surface area (Å²) in [5.41, 5.74) is 0.660. The van der Waals surface area contributed by atoms with Crippen LogP contribution in [0.3, 0.4) is 0 Å². The zero-order chi connectivity index (χ0) is 22.8. The SMILES string of the molecule is O=C(NC1CCCCCC1)C1CCCN(S(=O)(=O)c2cc(-c3noc(C4CCC4)n3)cs2)C1. The van der Waals surface area contributed by atoms with Crippen molar-refractivity contribution in [3.8, 4) is 11.4 Å². The maximum Gasteiger partial charge on any atom is 0.252 e. The molecule has 1 aliphatic heterocycles. The summed E-state index contributed by atoms with van der Waals surface area (Å²) in [5, 5.41) is 9.02. The Morgan fingerprint density at radius 3 is 2.58 bits per heavy atom. The zero-order valence-electron chi connectivity index (χ0n) is 18.9. The Morgan fingerprint density at radius 2 is 1.85 bits per heavy atom. The molecule has 3 aliphatic rings. The second-order valence-electron chi connectivity index (χ2n) is 9.64. The van der Waals surface area contributed by atoms with Gasteiger partial charge in [0.25, 0.3) is 10.0 Å². The molecule has 2 aromatic rings. The van der Waals surface area contributed by atoms with E-state index in [0.29, 0.717) is 36.2 Å². The molecule has 2 saturated carbocycles. The summed E-state index contributed by atoms with van der Waals surface area (Å²) in [6, 6.07) is 1.86. The minimum atomic E-state index is -3.67. The molecule has 2 aliphatic carbocycles. The molecule has 1 N–H and O–H groups in total. The zero-order valence-corrected chi connectivity index (χ0v) is 20.5. The van der Waals surface area contributed by atoms with Gasteiger partial charge in [-0.2, -0.15) is 9.29 Å². The Morgan fingerprint density at radius 1 is 1.06 bits per heavy atom. The second-order valence-corrected chi connectivity index (χ2v) is 12.7. The van der Waals surface area contributed by atoms with E-state index in [9.17, 15) is 13.2 Å². The van der Waals surface area contributed by atoms with Crippen molar-refractivity contribution in [2.45, 2.75) is 86.8 Å². The summed E-state index contributed by atoms with van der Waals surface area (Å²) in [6.07, 6.45) is 11.5. The first-order valence-electron chi connectivity index (χ1n) is 12.2. The van der Waals surface area contributed by atoms with Crippen LogP contribution in [0.1, 0.15) is 82.4 Å². The minimum absolute atomic E-state index is 0.00369. The van der Waals surface area contributed by atoms with Crippen molar-refractivity contribution < 1.29 is 17.7 Å². The predicted octanol–water partition coefficient (Wildman–Crippen LogP) is 4.31. The highest BCUT2D eigenvalue weighted by Gasteiger charge is 2.35. The summed E-state index contributed by atoms with van der Waals surface area (Å²) in [5.74, 6) is 1.13. The average Bonchev–Trinajstić information content (AvgIpc) is 3.39. The molecule has 3 heterocycles. The molecule has 3 fully saturated rings.